The molecule has 1 unspecified atom stereocenters. The summed E-state index contributed by atoms with van der Waals surface area (Å²) in [7, 11) is 0. The summed E-state index contributed by atoms with van der Waals surface area (Å²) in [6.45, 7) is 1.95. The Bertz CT molecular complexity index is 574. The summed E-state index contributed by atoms with van der Waals surface area (Å²) in [5.41, 5.74) is 2.56. The van der Waals surface area contributed by atoms with Crippen molar-refractivity contribution in [2.75, 3.05) is 0 Å². The number of hydrogen-bond donors (Lipinski definition) is 2. The van der Waals surface area contributed by atoms with E-state index in [0.29, 0.717) is 11.6 Å². The number of aromatic nitrogens is 3. The van der Waals surface area contributed by atoms with Crippen LogP contribution in [0.25, 0.3) is 0 Å². The summed E-state index contributed by atoms with van der Waals surface area (Å²) in [4.78, 5) is 16.0. The van der Waals surface area contributed by atoms with Crippen molar-refractivity contribution in [2.45, 2.75) is 31.7 Å². The zero-order valence-corrected chi connectivity index (χ0v) is 10.8. The molecular weight excluding hydrogens is 240 g/mol. The van der Waals surface area contributed by atoms with Crippen molar-refractivity contribution in [1.29, 1.82) is 0 Å². The molecule has 1 saturated carbocycles. The van der Waals surface area contributed by atoms with Gasteiger partial charge in [0.05, 0.1) is 6.04 Å². The minimum Gasteiger partial charge on any atom is -0.344 e. The van der Waals surface area contributed by atoms with Crippen LogP contribution in [0.2, 0.25) is 0 Å². The van der Waals surface area contributed by atoms with E-state index in [1.165, 1.54) is 12.8 Å². The van der Waals surface area contributed by atoms with Crippen molar-refractivity contribution in [3.8, 4) is 0 Å². The van der Waals surface area contributed by atoms with Gasteiger partial charge in [-0.05, 0) is 43.5 Å². The quantitative estimate of drug-likeness (QED) is 0.880. The van der Waals surface area contributed by atoms with Gasteiger partial charge in [0.2, 0.25) is 0 Å². The first-order chi connectivity index (χ1) is 9.24. The van der Waals surface area contributed by atoms with Gasteiger partial charge in [-0.25, -0.2) is 0 Å². The van der Waals surface area contributed by atoms with Gasteiger partial charge >= 0.3 is 0 Å². The van der Waals surface area contributed by atoms with Gasteiger partial charge in [0.1, 0.15) is 5.69 Å². The Morgan fingerprint density at radius 3 is 2.84 bits per heavy atom. The highest BCUT2D eigenvalue weighted by atomic mass is 16.2. The maximum absolute atomic E-state index is 12.1. The summed E-state index contributed by atoms with van der Waals surface area (Å²) in [5, 5.41) is 9.95. The SMILES string of the molecule is CC(NC(=O)c1cc(C2CC2)[nH]n1)c1ccncc1. The van der Waals surface area contributed by atoms with Crippen LogP contribution in [0.5, 0.6) is 0 Å². The second kappa shape index (κ2) is 4.84. The Morgan fingerprint density at radius 2 is 2.16 bits per heavy atom. The Balaban J connectivity index is 1.66. The summed E-state index contributed by atoms with van der Waals surface area (Å²) in [6, 6.07) is 5.58. The lowest BCUT2D eigenvalue weighted by Gasteiger charge is -2.12. The number of rotatable bonds is 4. The van der Waals surface area contributed by atoms with E-state index in [0.717, 1.165) is 11.3 Å². The number of hydrogen-bond acceptors (Lipinski definition) is 3. The van der Waals surface area contributed by atoms with E-state index in [-0.39, 0.29) is 11.9 Å². The highest BCUT2D eigenvalue weighted by Gasteiger charge is 2.26. The fourth-order valence-corrected chi connectivity index (χ4v) is 2.06. The van der Waals surface area contributed by atoms with E-state index >= 15 is 0 Å². The molecule has 0 bridgehead atoms. The number of nitrogens with zero attached hydrogens (tertiary/aromatic N) is 2. The molecule has 2 aromatic heterocycles. The van der Waals surface area contributed by atoms with Gasteiger partial charge in [0.25, 0.3) is 5.91 Å². The predicted molar refractivity (Wildman–Crippen MR) is 70.7 cm³/mol. The predicted octanol–water partition coefficient (Wildman–Crippen LogP) is 2.17. The van der Waals surface area contributed by atoms with Crippen LogP contribution in [0.1, 0.15) is 53.5 Å². The molecule has 19 heavy (non-hydrogen) atoms. The van der Waals surface area contributed by atoms with Gasteiger partial charge < -0.3 is 5.32 Å². The summed E-state index contributed by atoms with van der Waals surface area (Å²) in [6.07, 6.45) is 5.82. The van der Waals surface area contributed by atoms with E-state index in [1.54, 1.807) is 12.4 Å². The average Bonchev–Trinajstić information content (AvgIpc) is 3.17. The first-order valence-corrected chi connectivity index (χ1v) is 6.50. The van der Waals surface area contributed by atoms with Gasteiger partial charge in [-0.1, -0.05) is 0 Å². The molecule has 5 heteroatoms. The topological polar surface area (TPSA) is 70.7 Å². The number of carbonyl (C=O) groups excluding carboxylic acids is 1. The molecule has 0 spiro atoms. The largest absolute Gasteiger partial charge is 0.344 e. The van der Waals surface area contributed by atoms with Gasteiger partial charge in [-0.2, -0.15) is 5.10 Å². The Hall–Kier alpha value is -2.17. The minimum absolute atomic E-state index is 0.0587. The van der Waals surface area contributed by atoms with Crippen molar-refractivity contribution in [3.63, 3.8) is 0 Å². The van der Waals surface area contributed by atoms with Crippen LogP contribution in [0.3, 0.4) is 0 Å². The first kappa shape index (κ1) is 11.9. The number of carbonyl (C=O) groups is 1. The number of amides is 1. The molecule has 0 saturated heterocycles. The molecule has 2 heterocycles. The zero-order valence-electron chi connectivity index (χ0n) is 10.8. The molecule has 1 fully saturated rings. The zero-order chi connectivity index (χ0) is 13.2. The lowest BCUT2D eigenvalue weighted by Crippen LogP contribution is -2.26. The standard InChI is InChI=1S/C14H16N4O/c1-9(10-4-6-15-7-5-10)16-14(19)13-8-12(17-18-13)11-2-3-11/h4-9,11H,2-3H2,1H3,(H,16,19)(H,17,18). The molecule has 0 aliphatic heterocycles. The van der Waals surface area contributed by atoms with Crippen LogP contribution in [0.4, 0.5) is 0 Å². The van der Waals surface area contributed by atoms with E-state index < -0.39 is 0 Å². The van der Waals surface area contributed by atoms with Crippen LogP contribution < -0.4 is 5.32 Å². The molecule has 1 aliphatic rings. The lowest BCUT2D eigenvalue weighted by molar-refractivity contribution is 0.0935. The van der Waals surface area contributed by atoms with Crippen LogP contribution in [0.15, 0.2) is 30.6 Å². The van der Waals surface area contributed by atoms with Crippen molar-refractivity contribution in [1.82, 2.24) is 20.5 Å². The van der Waals surface area contributed by atoms with Gasteiger partial charge in [0, 0.05) is 24.0 Å². The van der Waals surface area contributed by atoms with Crippen molar-refractivity contribution in [3.05, 3.63) is 47.5 Å². The van der Waals surface area contributed by atoms with E-state index in [2.05, 4.69) is 20.5 Å². The second-order valence-corrected chi connectivity index (χ2v) is 4.96. The van der Waals surface area contributed by atoms with Crippen LogP contribution in [-0.2, 0) is 0 Å². The normalized spacial score (nSPS) is 16.1. The third kappa shape index (κ3) is 2.65. The van der Waals surface area contributed by atoms with E-state index in [1.807, 2.05) is 25.1 Å². The Kier molecular flexibility index (Phi) is 3.03. The smallest absolute Gasteiger partial charge is 0.272 e. The third-order valence-electron chi connectivity index (χ3n) is 3.40. The molecule has 1 amide bonds. The fraction of sp³-hybridized carbons (Fsp3) is 0.357. The van der Waals surface area contributed by atoms with E-state index in [9.17, 15) is 4.79 Å². The van der Waals surface area contributed by atoms with E-state index in [4.69, 9.17) is 0 Å². The molecule has 2 N–H and O–H groups in total. The Labute approximate surface area is 111 Å². The highest BCUT2D eigenvalue weighted by molar-refractivity contribution is 5.92. The second-order valence-electron chi connectivity index (χ2n) is 4.96. The number of pyridine rings is 1. The number of aromatic amines is 1. The molecule has 98 valence electrons. The maximum atomic E-state index is 12.1. The molecule has 0 aromatic carbocycles. The van der Waals surface area contributed by atoms with Crippen molar-refractivity contribution in [2.24, 2.45) is 0 Å². The molecule has 1 atom stereocenters. The summed E-state index contributed by atoms with van der Waals surface area (Å²) >= 11 is 0. The summed E-state index contributed by atoms with van der Waals surface area (Å²) < 4.78 is 0. The number of H-pyrrole nitrogens is 1. The molecule has 0 radical (unpaired) electrons. The Morgan fingerprint density at radius 1 is 1.42 bits per heavy atom. The average molecular weight is 256 g/mol. The first-order valence-electron chi connectivity index (χ1n) is 6.50. The minimum atomic E-state index is -0.146. The van der Waals surface area contributed by atoms with Crippen LogP contribution >= 0.6 is 0 Å². The summed E-state index contributed by atoms with van der Waals surface area (Å²) in [5.74, 6) is 0.430. The van der Waals surface area contributed by atoms with Gasteiger partial charge in [0.15, 0.2) is 0 Å². The van der Waals surface area contributed by atoms with Crippen LogP contribution in [-0.4, -0.2) is 21.1 Å². The van der Waals surface area contributed by atoms with Gasteiger partial charge in [-0.3, -0.25) is 14.9 Å². The fourth-order valence-electron chi connectivity index (χ4n) is 2.06. The molecular formula is C14H16N4O. The molecule has 3 rings (SSSR count). The monoisotopic (exact) mass is 256 g/mol. The third-order valence-corrected chi connectivity index (χ3v) is 3.40. The maximum Gasteiger partial charge on any atom is 0.272 e. The number of nitrogens with one attached hydrogen (secondary N) is 2. The van der Waals surface area contributed by atoms with Crippen molar-refractivity contribution < 1.29 is 4.79 Å². The molecule has 1 aliphatic carbocycles. The van der Waals surface area contributed by atoms with Gasteiger partial charge in [-0.15, -0.1) is 0 Å². The van der Waals surface area contributed by atoms with Crippen molar-refractivity contribution >= 4 is 5.91 Å². The lowest BCUT2D eigenvalue weighted by atomic mass is 10.1. The highest BCUT2D eigenvalue weighted by Crippen LogP contribution is 2.38. The van der Waals surface area contributed by atoms with Crippen LogP contribution in [0, 0.1) is 0 Å². The molecule has 5 nitrogen and oxygen atoms in total. The molecule has 2 aromatic rings.